The number of rotatable bonds is 3. The minimum atomic E-state index is -2.29. The second kappa shape index (κ2) is 5.02. The topological polar surface area (TPSA) is 16.1 Å². The minimum absolute atomic E-state index is 0.0374. The molecule has 0 unspecified atom stereocenters. The van der Waals surface area contributed by atoms with Crippen LogP contribution in [-0.4, -0.2) is 28.9 Å². The Morgan fingerprint density at radius 2 is 2.20 bits per heavy atom. The summed E-state index contributed by atoms with van der Waals surface area (Å²) in [5.41, 5.74) is -0.0712. The van der Waals surface area contributed by atoms with Crippen molar-refractivity contribution in [1.82, 2.24) is 9.88 Å². The van der Waals surface area contributed by atoms with E-state index in [0.717, 1.165) is 18.4 Å². The third-order valence-electron chi connectivity index (χ3n) is 5.06. The van der Waals surface area contributed by atoms with E-state index in [0.29, 0.717) is 19.4 Å². The number of hydrogen-bond donors (Lipinski definition) is 0. The van der Waals surface area contributed by atoms with Gasteiger partial charge in [0.25, 0.3) is 0 Å². The zero-order chi connectivity index (χ0) is 14.3. The molecule has 0 bridgehead atoms. The Hall–Kier alpha value is -1.10. The molecule has 3 atom stereocenters. The smallest absolute Gasteiger partial charge is 0.245 e. The van der Waals surface area contributed by atoms with Gasteiger partial charge < -0.3 is 0 Å². The van der Waals surface area contributed by atoms with Gasteiger partial charge in [-0.25, -0.2) is 13.2 Å². The van der Waals surface area contributed by atoms with Gasteiger partial charge in [-0.05, 0) is 37.3 Å². The quantitative estimate of drug-likeness (QED) is 0.839. The lowest BCUT2D eigenvalue weighted by molar-refractivity contribution is -0.00530. The van der Waals surface area contributed by atoms with Crippen molar-refractivity contribution < 1.29 is 13.2 Å². The van der Waals surface area contributed by atoms with Crippen LogP contribution in [0.3, 0.4) is 0 Å². The van der Waals surface area contributed by atoms with Gasteiger partial charge in [-0.15, -0.1) is 0 Å². The summed E-state index contributed by atoms with van der Waals surface area (Å²) in [6.45, 7) is 2.25. The van der Waals surface area contributed by atoms with Crippen LogP contribution in [0.4, 0.5) is 13.2 Å². The largest absolute Gasteiger partial charge is 0.293 e. The maximum Gasteiger partial charge on any atom is 0.245 e. The van der Waals surface area contributed by atoms with Crippen LogP contribution in [0, 0.1) is 11.2 Å². The SMILES string of the molecule is CC[C@@]1(C(F)F)C[C@H]2CC[C@@H](c3cncc(F)c3)N2C1. The molecule has 2 nitrogen and oxygen atoms in total. The molecule has 20 heavy (non-hydrogen) atoms. The van der Waals surface area contributed by atoms with Gasteiger partial charge in [0.1, 0.15) is 5.82 Å². The number of nitrogens with zero attached hydrogens (tertiary/aromatic N) is 2. The molecule has 0 amide bonds. The van der Waals surface area contributed by atoms with Gasteiger partial charge in [-0.1, -0.05) is 6.92 Å². The van der Waals surface area contributed by atoms with E-state index in [9.17, 15) is 13.2 Å². The Labute approximate surface area is 117 Å². The normalized spacial score (nSPS) is 33.9. The maximum absolute atomic E-state index is 13.4. The molecular formula is C15H19F3N2. The number of fused-ring (bicyclic) bond motifs is 1. The fourth-order valence-electron chi connectivity index (χ4n) is 3.83. The molecule has 0 N–H and O–H groups in total. The first-order valence-corrected chi connectivity index (χ1v) is 7.20. The summed E-state index contributed by atoms with van der Waals surface area (Å²) in [4.78, 5) is 6.03. The molecule has 110 valence electrons. The molecule has 2 aliphatic heterocycles. The highest BCUT2D eigenvalue weighted by Gasteiger charge is 2.52. The summed E-state index contributed by atoms with van der Waals surface area (Å²) in [5, 5.41) is 0. The van der Waals surface area contributed by atoms with Crippen LogP contribution < -0.4 is 0 Å². The zero-order valence-corrected chi connectivity index (χ0v) is 11.5. The summed E-state index contributed by atoms with van der Waals surface area (Å²) < 4.78 is 40.1. The lowest BCUT2D eigenvalue weighted by atomic mass is 9.82. The van der Waals surface area contributed by atoms with Crippen LogP contribution in [-0.2, 0) is 0 Å². The molecule has 3 rings (SSSR count). The third kappa shape index (κ3) is 2.12. The van der Waals surface area contributed by atoms with Crippen LogP contribution in [0.1, 0.15) is 44.2 Å². The molecule has 0 spiro atoms. The highest BCUT2D eigenvalue weighted by molar-refractivity contribution is 5.19. The van der Waals surface area contributed by atoms with Gasteiger partial charge in [-0.3, -0.25) is 9.88 Å². The average Bonchev–Trinajstić information content (AvgIpc) is 2.95. The summed E-state index contributed by atoms with van der Waals surface area (Å²) in [7, 11) is 0. The average molecular weight is 284 g/mol. The zero-order valence-electron chi connectivity index (χ0n) is 11.5. The Balaban J connectivity index is 1.84. The summed E-state index contributed by atoms with van der Waals surface area (Å²) in [5.74, 6) is -0.360. The summed E-state index contributed by atoms with van der Waals surface area (Å²) in [6.07, 6.45) is 3.41. The van der Waals surface area contributed by atoms with E-state index >= 15 is 0 Å². The van der Waals surface area contributed by atoms with Crippen molar-refractivity contribution in [3.8, 4) is 0 Å². The number of alkyl halides is 2. The molecule has 3 heterocycles. The molecule has 0 aromatic carbocycles. The molecule has 2 saturated heterocycles. The lowest BCUT2D eigenvalue weighted by Gasteiger charge is -2.29. The van der Waals surface area contributed by atoms with Crippen LogP contribution in [0.5, 0.6) is 0 Å². The van der Waals surface area contributed by atoms with Crippen molar-refractivity contribution in [1.29, 1.82) is 0 Å². The van der Waals surface area contributed by atoms with Gasteiger partial charge >= 0.3 is 0 Å². The van der Waals surface area contributed by atoms with Crippen molar-refractivity contribution in [2.45, 2.75) is 51.1 Å². The van der Waals surface area contributed by atoms with E-state index < -0.39 is 11.8 Å². The van der Waals surface area contributed by atoms with Crippen molar-refractivity contribution in [3.05, 3.63) is 29.8 Å². The molecule has 1 aromatic heterocycles. The van der Waals surface area contributed by atoms with Crippen molar-refractivity contribution in [2.75, 3.05) is 6.54 Å². The number of aromatic nitrogens is 1. The maximum atomic E-state index is 13.4. The minimum Gasteiger partial charge on any atom is -0.293 e. The Kier molecular flexibility index (Phi) is 3.48. The molecule has 0 aliphatic carbocycles. The van der Waals surface area contributed by atoms with Gasteiger partial charge in [0.15, 0.2) is 0 Å². The molecule has 2 fully saturated rings. The Morgan fingerprint density at radius 1 is 1.40 bits per heavy atom. The first-order valence-electron chi connectivity index (χ1n) is 7.20. The van der Waals surface area contributed by atoms with Gasteiger partial charge in [0.05, 0.1) is 6.20 Å². The summed E-state index contributed by atoms with van der Waals surface area (Å²) >= 11 is 0. The van der Waals surface area contributed by atoms with E-state index in [2.05, 4.69) is 9.88 Å². The predicted octanol–water partition coefficient (Wildman–Crippen LogP) is 3.79. The van der Waals surface area contributed by atoms with Crippen molar-refractivity contribution in [3.63, 3.8) is 0 Å². The second-order valence-electron chi connectivity index (χ2n) is 6.08. The predicted molar refractivity (Wildman–Crippen MR) is 70.0 cm³/mol. The third-order valence-corrected chi connectivity index (χ3v) is 5.06. The molecule has 2 aliphatic rings. The van der Waals surface area contributed by atoms with Gasteiger partial charge in [-0.2, -0.15) is 0 Å². The van der Waals surface area contributed by atoms with Crippen LogP contribution >= 0.6 is 0 Å². The molecular weight excluding hydrogens is 265 g/mol. The Bertz CT molecular complexity index is 494. The van der Waals surface area contributed by atoms with E-state index in [1.807, 2.05) is 6.92 Å². The highest BCUT2D eigenvalue weighted by atomic mass is 19.3. The fourth-order valence-corrected chi connectivity index (χ4v) is 3.83. The van der Waals surface area contributed by atoms with E-state index in [-0.39, 0.29) is 17.9 Å². The molecule has 1 aromatic rings. The van der Waals surface area contributed by atoms with Gasteiger partial charge in [0, 0.05) is 30.2 Å². The highest BCUT2D eigenvalue weighted by Crippen LogP contribution is 2.51. The van der Waals surface area contributed by atoms with Crippen LogP contribution in [0.2, 0.25) is 0 Å². The second-order valence-corrected chi connectivity index (χ2v) is 6.08. The van der Waals surface area contributed by atoms with Gasteiger partial charge in [0.2, 0.25) is 6.43 Å². The van der Waals surface area contributed by atoms with Crippen molar-refractivity contribution >= 4 is 0 Å². The summed E-state index contributed by atoms with van der Waals surface area (Å²) in [6, 6.07) is 1.72. The first-order chi connectivity index (χ1) is 9.55. The number of halogens is 3. The standard InChI is InChI=1S/C15H19F3N2/c1-2-15(14(17)18)6-12-3-4-13(20(12)9-15)10-5-11(16)8-19-7-10/h5,7-8,12-14H,2-4,6,9H2,1H3/t12-,13+,15-/m1/s1. The first kappa shape index (κ1) is 13.9. The van der Waals surface area contributed by atoms with E-state index in [1.54, 1.807) is 6.20 Å². The number of hydrogen-bond acceptors (Lipinski definition) is 2. The van der Waals surface area contributed by atoms with Crippen molar-refractivity contribution in [2.24, 2.45) is 5.41 Å². The number of pyridine rings is 1. The monoisotopic (exact) mass is 284 g/mol. The van der Waals surface area contributed by atoms with Crippen LogP contribution in [0.25, 0.3) is 0 Å². The van der Waals surface area contributed by atoms with E-state index in [4.69, 9.17) is 0 Å². The van der Waals surface area contributed by atoms with Crippen LogP contribution in [0.15, 0.2) is 18.5 Å². The molecule has 0 saturated carbocycles. The molecule has 5 heteroatoms. The lowest BCUT2D eigenvalue weighted by Crippen LogP contribution is -2.34. The fraction of sp³-hybridized carbons (Fsp3) is 0.667. The molecule has 0 radical (unpaired) electrons. The Morgan fingerprint density at radius 3 is 2.85 bits per heavy atom. The van der Waals surface area contributed by atoms with E-state index in [1.165, 1.54) is 12.3 Å².